The van der Waals surface area contributed by atoms with Gasteiger partial charge in [0.05, 0.1) is 0 Å². The van der Waals surface area contributed by atoms with Crippen molar-refractivity contribution in [1.29, 1.82) is 0 Å². The minimum Gasteiger partial charge on any atom is -0.0654 e. The van der Waals surface area contributed by atoms with Crippen LogP contribution < -0.4 is 10.6 Å². The molecule has 0 N–H and O–H groups in total. The zero-order valence-electron chi connectivity index (χ0n) is 10.3. The van der Waals surface area contributed by atoms with Crippen LogP contribution in [0.25, 0.3) is 0 Å². The first kappa shape index (κ1) is 12.3. The van der Waals surface area contributed by atoms with Gasteiger partial charge in [-0.3, -0.25) is 0 Å². The van der Waals surface area contributed by atoms with Crippen LogP contribution in [0.2, 0.25) is 0 Å². The van der Waals surface area contributed by atoms with Crippen LogP contribution in [0.15, 0.2) is 54.6 Å². The average Bonchev–Trinajstić information content (AvgIpc) is 2.39. The van der Waals surface area contributed by atoms with E-state index < -0.39 is 0 Å². The molecular weight excluding hydrogens is 223 g/mol. The Hall–Kier alpha value is -1.13. The van der Waals surface area contributed by atoms with Crippen molar-refractivity contribution in [2.45, 2.75) is 26.2 Å². The van der Waals surface area contributed by atoms with Gasteiger partial charge in [0.2, 0.25) is 0 Å². The van der Waals surface area contributed by atoms with Crippen molar-refractivity contribution >= 4 is 19.2 Å². The maximum Gasteiger partial charge on any atom is -0.0194 e. The topological polar surface area (TPSA) is 0 Å². The van der Waals surface area contributed by atoms with Gasteiger partial charge in [-0.05, 0) is 29.0 Å². The van der Waals surface area contributed by atoms with Crippen LogP contribution in [0.3, 0.4) is 0 Å². The summed E-state index contributed by atoms with van der Waals surface area (Å²) < 4.78 is 0. The van der Waals surface area contributed by atoms with Gasteiger partial charge in [-0.1, -0.05) is 76.5 Å². The molecular formula is C16H19P. The lowest BCUT2D eigenvalue weighted by molar-refractivity contribution is 0.798. The Morgan fingerprint density at radius 1 is 0.882 bits per heavy atom. The maximum atomic E-state index is 2.28. The molecule has 17 heavy (non-hydrogen) atoms. The minimum atomic E-state index is 0.787. The molecule has 88 valence electrons. The molecule has 0 amide bonds. The largest absolute Gasteiger partial charge is 0.0654 e. The van der Waals surface area contributed by atoms with Crippen LogP contribution in [0.5, 0.6) is 0 Å². The second kappa shape index (κ2) is 6.57. The number of unbranched alkanes of at least 4 members (excludes halogenated alkanes) is 1. The van der Waals surface area contributed by atoms with Gasteiger partial charge in [0.1, 0.15) is 0 Å². The zero-order chi connectivity index (χ0) is 11.9. The zero-order valence-corrected chi connectivity index (χ0v) is 11.3. The average molecular weight is 242 g/mol. The Morgan fingerprint density at radius 2 is 1.59 bits per heavy atom. The SMILES string of the molecule is CCCCc1ccccc1Pc1ccccc1. The second-order valence-corrected chi connectivity index (χ2v) is 5.62. The van der Waals surface area contributed by atoms with Gasteiger partial charge in [0.25, 0.3) is 0 Å². The van der Waals surface area contributed by atoms with Crippen molar-refractivity contribution in [3.05, 3.63) is 60.2 Å². The summed E-state index contributed by atoms with van der Waals surface area (Å²) in [6.07, 6.45) is 3.77. The van der Waals surface area contributed by atoms with E-state index in [9.17, 15) is 0 Å². The summed E-state index contributed by atoms with van der Waals surface area (Å²) in [4.78, 5) is 0. The number of hydrogen-bond donors (Lipinski definition) is 0. The normalized spacial score (nSPS) is 11.1. The predicted octanol–water partition coefficient (Wildman–Crippen LogP) is 3.66. The summed E-state index contributed by atoms with van der Waals surface area (Å²) >= 11 is 0. The van der Waals surface area contributed by atoms with Gasteiger partial charge in [-0.15, -0.1) is 0 Å². The summed E-state index contributed by atoms with van der Waals surface area (Å²) in [5.74, 6) is 0. The molecule has 2 rings (SSSR count). The third-order valence-corrected chi connectivity index (χ3v) is 4.25. The molecule has 0 heterocycles. The Morgan fingerprint density at radius 3 is 2.35 bits per heavy atom. The van der Waals surface area contributed by atoms with E-state index in [1.165, 1.54) is 35.4 Å². The lowest BCUT2D eigenvalue weighted by Crippen LogP contribution is -2.08. The highest BCUT2D eigenvalue weighted by Crippen LogP contribution is 2.15. The van der Waals surface area contributed by atoms with Crippen molar-refractivity contribution in [3.63, 3.8) is 0 Å². The fraction of sp³-hybridized carbons (Fsp3) is 0.250. The smallest absolute Gasteiger partial charge is 0.0194 e. The Labute approximate surface area is 106 Å². The highest BCUT2D eigenvalue weighted by molar-refractivity contribution is 7.55. The van der Waals surface area contributed by atoms with Crippen molar-refractivity contribution in [2.75, 3.05) is 0 Å². The van der Waals surface area contributed by atoms with Gasteiger partial charge >= 0.3 is 0 Å². The van der Waals surface area contributed by atoms with Crippen molar-refractivity contribution < 1.29 is 0 Å². The molecule has 2 aromatic carbocycles. The standard InChI is InChI=1S/C16H19P/c1-2-3-9-14-10-7-8-13-16(14)17-15-11-5-4-6-12-15/h4-8,10-13,17H,2-3,9H2,1H3. The summed E-state index contributed by atoms with van der Waals surface area (Å²) in [6, 6.07) is 19.6. The molecule has 0 saturated heterocycles. The quantitative estimate of drug-likeness (QED) is 0.702. The fourth-order valence-electron chi connectivity index (χ4n) is 1.90. The van der Waals surface area contributed by atoms with Gasteiger partial charge in [-0.2, -0.15) is 0 Å². The van der Waals surface area contributed by atoms with E-state index in [-0.39, 0.29) is 0 Å². The van der Waals surface area contributed by atoms with Gasteiger partial charge in [0.15, 0.2) is 0 Å². The van der Waals surface area contributed by atoms with E-state index in [0.717, 1.165) is 8.58 Å². The molecule has 0 saturated carbocycles. The van der Waals surface area contributed by atoms with Crippen LogP contribution in [0, 0.1) is 0 Å². The van der Waals surface area contributed by atoms with Crippen LogP contribution in [-0.2, 0) is 6.42 Å². The Kier molecular flexibility index (Phi) is 4.76. The molecule has 0 aromatic heterocycles. The number of rotatable bonds is 5. The van der Waals surface area contributed by atoms with Crippen LogP contribution >= 0.6 is 8.58 Å². The molecule has 1 unspecified atom stereocenters. The van der Waals surface area contributed by atoms with Gasteiger partial charge in [-0.25, -0.2) is 0 Å². The van der Waals surface area contributed by atoms with Crippen LogP contribution in [0.1, 0.15) is 25.3 Å². The van der Waals surface area contributed by atoms with E-state index in [1.807, 2.05) is 0 Å². The molecule has 0 aliphatic carbocycles. The van der Waals surface area contributed by atoms with Crippen molar-refractivity contribution in [1.82, 2.24) is 0 Å². The lowest BCUT2D eigenvalue weighted by atomic mass is 10.1. The lowest BCUT2D eigenvalue weighted by Gasteiger charge is -2.09. The molecule has 0 aliphatic rings. The number of aryl methyl sites for hydroxylation is 1. The Balaban J connectivity index is 2.15. The molecule has 0 bridgehead atoms. The molecule has 0 nitrogen and oxygen atoms in total. The molecule has 1 atom stereocenters. The fourth-order valence-corrected chi connectivity index (χ4v) is 3.12. The highest BCUT2D eigenvalue weighted by Gasteiger charge is 2.02. The van der Waals surface area contributed by atoms with E-state index in [2.05, 4.69) is 61.5 Å². The van der Waals surface area contributed by atoms with Crippen molar-refractivity contribution in [2.24, 2.45) is 0 Å². The van der Waals surface area contributed by atoms with Gasteiger partial charge in [0, 0.05) is 0 Å². The van der Waals surface area contributed by atoms with E-state index >= 15 is 0 Å². The number of hydrogen-bond acceptors (Lipinski definition) is 0. The molecule has 0 fully saturated rings. The van der Waals surface area contributed by atoms with E-state index in [4.69, 9.17) is 0 Å². The summed E-state index contributed by atoms with van der Waals surface area (Å²) in [7, 11) is 0.787. The van der Waals surface area contributed by atoms with E-state index in [1.54, 1.807) is 0 Å². The van der Waals surface area contributed by atoms with Crippen molar-refractivity contribution in [3.8, 4) is 0 Å². The molecule has 2 aromatic rings. The molecule has 0 spiro atoms. The highest BCUT2D eigenvalue weighted by atomic mass is 31.1. The second-order valence-electron chi connectivity index (χ2n) is 4.25. The first-order valence-corrected chi connectivity index (χ1v) is 7.30. The monoisotopic (exact) mass is 242 g/mol. The Bertz CT molecular complexity index is 448. The first-order valence-electron chi connectivity index (χ1n) is 6.30. The minimum absolute atomic E-state index is 0.787. The molecule has 0 aliphatic heterocycles. The predicted molar refractivity (Wildman–Crippen MR) is 79.1 cm³/mol. The van der Waals surface area contributed by atoms with Gasteiger partial charge < -0.3 is 0 Å². The molecule has 0 radical (unpaired) electrons. The van der Waals surface area contributed by atoms with E-state index in [0.29, 0.717) is 0 Å². The van der Waals surface area contributed by atoms with Crippen LogP contribution in [0.4, 0.5) is 0 Å². The summed E-state index contributed by atoms with van der Waals surface area (Å²) in [6.45, 7) is 2.25. The third kappa shape index (κ3) is 3.68. The first-order chi connectivity index (χ1) is 8.40. The summed E-state index contributed by atoms with van der Waals surface area (Å²) in [5.41, 5.74) is 1.52. The third-order valence-electron chi connectivity index (χ3n) is 2.87. The number of benzene rings is 2. The van der Waals surface area contributed by atoms with Crippen LogP contribution in [-0.4, -0.2) is 0 Å². The molecule has 1 heteroatoms. The summed E-state index contributed by atoms with van der Waals surface area (Å²) in [5, 5.41) is 2.93. The maximum absolute atomic E-state index is 2.28.